The number of hydrogen-bond acceptors (Lipinski definition) is 8. The largest absolute Gasteiger partial charge is 0.473 e. The van der Waals surface area contributed by atoms with E-state index in [4.69, 9.17) is 35.8 Å². The van der Waals surface area contributed by atoms with Gasteiger partial charge in [0.15, 0.2) is 5.65 Å². The number of hydrogen-bond donors (Lipinski definition) is 0. The normalized spacial score (nSPS) is 17.9. The topological polar surface area (TPSA) is 91.6 Å². The van der Waals surface area contributed by atoms with Crippen LogP contribution in [0.1, 0.15) is 52.6 Å². The molecule has 11 heteroatoms. The van der Waals surface area contributed by atoms with Gasteiger partial charge < -0.3 is 18.8 Å². The molecule has 9 nitrogen and oxygen atoms in total. The van der Waals surface area contributed by atoms with Crippen molar-refractivity contribution in [1.29, 1.82) is 0 Å². The van der Waals surface area contributed by atoms with Crippen LogP contribution in [0.25, 0.3) is 11.2 Å². The number of carbonyl (C=O) groups excluding carboxylic acids is 1. The zero-order chi connectivity index (χ0) is 28.3. The lowest BCUT2D eigenvalue weighted by molar-refractivity contribution is -0.0593. The smallest absolute Gasteiger partial charge is 0.339 e. The number of carbonyl (C=O) groups is 1. The lowest BCUT2D eigenvalue weighted by Gasteiger charge is -2.32. The monoisotopic (exact) mass is 579 g/mol. The predicted octanol–water partition coefficient (Wildman–Crippen LogP) is 5.15. The third-order valence-electron chi connectivity index (χ3n) is 7.77. The highest BCUT2D eigenvalue weighted by atomic mass is 35.5. The van der Waals surface area contributed by atoms with Crippen molar-refractivity contribution in [2.45, 2.75) is 51.0 Å². The number of halogens is 2. The van der Waals surface area contributed by atoms with Crippen molar-refractivity contribution in [3.8, 4) is 5.88 Å². The van der Waals surface area contributed by atoms with Gasteiger partial charge >= 0.3 is 5.97 Å². The molecule has 4 aromatic rings. The van der Waals surface area contributed by atoms with E-state index in [1.54, 1.807) is 30.5 Å². The van der Waals surface area contributed by atoms with Gasteiger partial charge in [0, 0.05) is 41.1 Å². The maximum Gasteiger partial charge on any atom is 0.339 e. The van der Waals surface area contributed by atoms with E-state index in [9.17, 15) is 9.18 Å². The Morgan fingerprint density at radius 3 is 2.71 bits per heavy atom. The number of methoxy groups -OCH3 is 1. The molecule has 214 valence electrons. The van der Waals surface area contributed by atoms with Crippen LogP contribution in [-0.4, -0.2) is 63.3 Å². The number of aromatic nitrogens is 4. The maximum absolute atomic E-state index is 14.1. The number of ether oxygens (including phenoxy) is 3. The van der Waals surface area contributed by atoms with E-state index >= 15 is 0 Å². The summed E-state index contributed by atoms with van der Waals surface area (Å²) in [6, 6.07) is 12.0. The number of fused-ring (bicyclic) bond motifs is 1. The first kappa shape index (κ1) is 27.6. The first-order valence-electron chi connectivity index (χ1n) is 13.8. The standard InChI is InChI=1S/C30H31ClFN5O4/c1-39-30(38)21-13-26-29(33-15-21)37(16-23-9-12-40-23)27(34-26)17-36-10-7-19(8-11-36)25-3-2-4-28(35-25)41-18-20-5-6-22(31)14-24(20)32/h2-6,13-15,19,23H,7-12,16-18H2,1H3/t23-/m0/s1. The van der Waals surface area contributed by atoms with Gasteiger partial charge in [-0.05, 0) is 56.6 Å². The predicted molar refractivity (Wildman–Crippen MR) is 150 cm³/mol. The molecule has 0 spiro atoms. The minimum Gasteiger partial charge on any atom is -0.473 e. The molecule has 0 radical (unpaired) electrons. The quantitative estimate of drug-likeness (QED) is 0.251. The molecule has 2 aliphatic heterocycles. The molecule has 0 amide bonds. The second-order valence-corrected chi connectivity index (χ2v) is 10.9. The lowest BCUT2D eigenvalue weighted by Crippen LogP contribution is -2.35. The summed E-state index contributed by atoms with van der Waals surface area (Å²) in [6.07, 6.45) is 4.59. The molecule has 0 aliphatic carbocycles. The minimum atomic E-state index is -0.430. The number of esters is 1. The Hall–Kier alpha value is -3.60. The fourth-order valence-electron chi connectivity index (χ4n) is 5.35. The Kier molecular flexibility index (Phi) is 8.13. The van der Waals surface area contributed by atoms with Crippen molar-refractivity contribution in [2.75, 3.05) is 26.8 Å². The number of piperidine rings is 1. The molecule has 5 heterocycles. The van der Waals surface area contributed by atoms with Crippen LogP contribution in [0.4, 0.5) is 4.39 Å². The summed E-state index contributed by atoms with van der Waals surface area (Å²) in [5.41, 5.74) is 3.22. The third kappa shape index (κ3) is 6.19. The van der Waals surface area contributed by atoms with Gasteiger partial charge in [-0.2, -0.15) is 0 Å². The number of pyridine rings is 2. The van der Waals surface area contributed by atoms with Crippen LogP contribution in [0.5, 0.6) is 5.88 Å². The number of likely N-dealkylation sites (tertiary alicyclic amines) is 1. The number of nitrogens with zero attached hydrogens (tertiary/aromatic N) is 5. The summed E-state index contributed by atoms with van der Waals surface area (Å²) >= 11 is 5.85. The highest BCUT2D eigenvalue weighted by Gasteiger charge is 2.26. The highest BCUT2D eigenvalue weighted by Crippen LogP contribution is 2.30. The van der Waals surface area contributed by atoms with Crippen molar-refractivity contribution in [3.05, 3.63) is 82.1 Å². The van der Waals surface area contributed by atoms with E-state index in [1.807, 2.05) is 12.1 Å². The van der Waals surface area contributed by atoms with Crippen LogP contribution in [0.15, 0.2) is 48.7 Å². The average molecular weight is 580 g/mol. The molecule has 3 aromatic heterocycles. The zero-order valence-corrected chi connectivity index (χ0v) is 23.5. The van der Waals surface area contributed by atoms with Gasteiger partial charge in [0.05, 0.1) is 31.9 Å². The van der Waals surface area contributed by atoms with Gasteiger partial charge in [0.25, 0.3) is 0 Å². The molecule has 6 rings (SSSR count). The van der Waals surface area contributed by atoms with Gasteiger partial charge in [0.2, 0.25) is 5.88 Å². The van der Waals surface area contributed by atoms with Crippen molar-refractivity contribution in [1.82, 2.24) is 24.4 Å². The summed E-state index contributed by atoms with van der Waals surface area (Å²) in [5, 5.41) is 0.353. The zero-order valence-electron chi connectivity index (χ0n) is 22.8. The highest BCUT2D eigenvalue weighted by molar-refractivity contribution is 6.30. The molecule has 0 N–H and O–H groups in total. The molecule has 2 fully saturated rings. The summed E-state index contributed by atoms with van der Waals surface area (Å²) in [4.78, 5) is 28.6. The van der Waals surface area contributed by atoms with Crippen LogP contribution in [-0.2, 0) is 29.2 Å². The minimum absolute atomic E-state index is 0.0841. The van der Waals surface area contributed by atoms with E-state index < -0.39 is 11.8 Å². The first-order valence-corrected chi connectivity index (χ1v) is 14.2. The SMILES string of the molecule is COC(=O)c1cnc2c(c1)nc(CN1CCC(c3cccc(OCc4ccc(Cl)cc4F)n3)CC1)n2C[C@@H]1CCO1. The van der Waals surface area contributed by atoms with E-state index in [0.29, 0.717) is 46.6 Å². The van der Waals surface area contributed by atoms with Crippen molar-refractivity contribution in [3.63, 3.8) is 0 Å². The molecule has 2 aliphatic rings. The molecule has 0 saturated carbocycles. The van der Waals surface area contributed by atoms with Crippen molar-refractivity contribution < 1.29 is 23.4 Å². The van der Waals surface area contributed by atoms with Crippen LogP contribution < -0.4 is 4.74 Å². The Bertz CT molecular complexity index is 1550. The van der Waals surface area contributed by atoms with Crippen molar-refractivity contribution >= 4 is 28.7 Å². The molecular formula is C30H31ClFN5O4. The van der Waals surface area contributed by atoms with Gasteiger partial charge in [-0.1, -0.05) is 23.7 Å². The fraction of sp³-hybridized carbons (Fsp3) is 0.400. The number of imidazole rings is 1. The molecule has 0 bridgehead atoms. The van der Waals surface area contributed by atoms with Crippen LogP contribution in [0.2, 0.25) is 5.02 Å². The Morgan fingerprint density at radius 1 is 1.15 bits per heavy atom. The van der Waals surface area contributed by atoms with Crippen LogP contribution in [0.3, 0.4) is 0 Å². The second kappa shape index (κ2) is 12.1. The summed E-state index contributed by atoms with van der Waals surface area (Å²) in [6.45, 7) is 3.99. The molecule has 1 atom stereocenters. The third-order valence-corrected chi connectivity index (χ3v) is 8.01. The van der Waals surface area contributed by atoms with E-state index in [-0.39, 0.29) is 12.7 Å². The summed E-state index contributed by atoms with van der Waals surface area (Å²) in [7, 11) is 1.36. The van der Waals surface area contributed by atoms with E-state index in [0.717, 1.165) is 56.1 Å². The molecule has 2 saturated heterocycles. The maximum atomic E-state index is 14.1. The Balaban J connectivity index is 1.11. The number of benzene rings is 1. The van der Waals surface area contributed by atoms with Gasteiger partial charge in [0.1, 0.15) is 23.8 Å². The van der Waals surface area contributed by atoms with Gasteiger partial charge in [-0.25, -0.2) is 24.1 Å². The van der Waals surface area contributed by atoms with Crippen LogP contribution >= 0.6 is 11.6 Å². The summed E-state index contributed by atoms with van der Waals surface area (Å²) in [5.74, 6) is 0.861. The molecule has 41 heavy (non-hydrogen) atoms. The van der Waals surface area contributed by atoms with Gasteiger partial charge in [-0.3, -0.25) is 4.90 Å². The molecule has 1 aromatic carbocycles. The van der Waals surface area contributed by atoms with Crippen molar-refractivity contribution in [2.24, 2.45) is 0 Å². The average Bonchev–Trinajstić information content (AvgIpc) is 3.30. The fourth-order valence-corrected chi connectivity index (χ4v) is 5.51. The van der Waals surface area contributed by atoms with Gasteiger partial charge in [-0.15, -0.1) is 0 Å². The lowest BCUT2D eigenvalue weighted by atomic mass is 9.93. The van der Waals surface area contributed by atoms with E-state index in [2.05, 4.69) is 14.5 Å². The Labute approximate surface area is 242 Å². The molecular weight excluding hydrogens is 549 g/mol. The van der Waals surface area contributed by atoms with Crippen LogP contribution in [0, 0.1) is 5.82 Å². The molecule has 0 unspecified atom stereocenters. The first-order chi connectivity index (χ1) is 20.0. The van der Waals surface area contributed by atoms with E-state index in [1.165, 1.54) is 13.2 Å². The second-order valence-electron chi connectivity index (χ2n) is 10.5. The summed E-state index contributed by atoms with van der Waals surface area (Å²) < 4.78 is 32.6. The number of rotatable bonds is 9. The Morgan fingerprint density at radius 2 is 1.98 bits per heavy atom.